The van der Waals surface area contributed by atoms with E-state index in [1.54, 1.807) is 24.3 Å². The van der Waals surface area contributed by atoms with Crippen LogP contribution in [0.5, 0.6) is 5.75 Å². The fraction of sp³-hybridized carbons (Fsp3) is 0.133. The number of aromatic nitrogens is 1. The van der Waals surface area contributed by atoms with Crippen molar-refractivity contribution in [3.8, 4) is 5.75 Å². The van der Waals surface area contributed by atoms with E-state index in [0.29, 0.717) is 5.56 Å². The van der Waals surface area contributed by atoms with E-state index in [0.717, 1.165) is 0 Å². The number of anilines is 1. The first kappa shape index (κ1) is 15.9. The quantitative estimate of drug-likeness (QED) is 0.758. The molecule has 0 fully saturated rings. The molecule has 1 aliphatic rings. The van der Waals surface area contributed by atoms with Crippen molar-refractivity contribution in [3.05, 3.63) is 48.2 Å². The molecule has 2 heterocycles. The van der Waals surface area contributed by atoms with E-state index in [-0.39, 0.29) is 41.2 Å². The summed E-state index contributed by atoms with van der Waals surface area (Å²) in [5, 5.41) is 12.0. The number of pyridine rings is 1. The zero-order valence-corrected chi connectivity index (χ0v) is 13.2. The molecule has 124 valence electrons. The second kappa shape index (κ2) is 6.28. The van der Waals surface area contributed by atoms with Gasteiger partial charge in [0.25, 0.3) is 10.0 Å². The van der Waals surface area contributed by atoms with Crippen LogP contribution in [0.25, 0.3) is 0 Å². The lowest BCUT2D eigenvalue weighted by molar-refractivity contribution is -0.116. The predicted molar refractivity (Wildman–Crippen MR) is 87.3 cm³/mol. The summed E-state index contributed by atoms with van der Waals surface area (Å²) in [6, 6.07) is 9.45. The van der Waals surface area contributed by atoms with Gasteiger partial charge < -0.3 is 10.4 Å². The number of carbonyl (C=O) groups excluding carboxylic acids is 1. The first-order valence-corrected chi connectivity index (χ1v) is 8.56. The Kier molecular flexibility index (Phi) is 4.17. The molecule has 1 aromatic carbocycles. The van der Waals surface area contributed by atoms with E-state index in [4.69, 9.17) is 0 Å². The molecule has 0 saturated heterocycles. The van der Waals surface area contributed by atoms with Gasteiger partial charge in [0.05, 0.1) is 11.4 Å². The number of aliphatic imine (C=N–C) groups is 1. The zero-order chi connectivity index (χ0) is 17.2. The van der Waals surface area contributed by atoms with Crippen molar-refractivity contribution in [2.45, 2.75) is 11.3 Å². The number of amides is 1. The second-order valence-corrected chi connectivity index (χ2v) is 6.65. The average Bonchev–Trinajstić information content (AvgIpc) is 2.81. The number of benzene rings is 1. The van der Waals surface area contributed by atoms with Gasteiger partial charge in [-0.3, -0.25) is 14.5 Å². The number of aromatic hydroxyl groups is 1. The molecule has 3 N–H and O–H groups in total. The Morgan fingerprint density at radius 1 is 1.25 bits per heavy atom. The average molecular weight is 346 g/mol. The van der Waals surface area contributed by atoms with Crippen LogP contribution in [0.3, 0.4) is 0 Å². The van der Waals surface area contributed by atoms with Gasteiger partial charge in [-0.05, 0) is 24.3 Å². The fourth-order valence-electron chi connectivity index (χ4n) is 2.21. The number of fused-ring (bicyclic) bond motifs is 1. The molecule has 0 aliphatic carbocycles. The van der Waals surface area contributed by atoms with Crippen LogP contribution in [0.4, 0.5) is 5.82 Å². The van der Waals surface area contributed by atoms with Gasteiger partial charge in [-0.1, -0.05) is 12.1 Å². The Morgan fingerprint density at radius 3 is 2.83 bits per heavy atom. The Balaban J connectivity index is 1.65. The maximum atomic E-state index is 11.9. The molecule has 0 saturated carbocycles. The van der Waals surface area contributed by atoms with Crippen LogP contribution in [0.15, 0.2) is 52.5 Å². The summed E-state index contributed by atoms with van der Waals surface area (Å²) >= 11 is 0. The lowest BCUT2D eigenvalue weighted by atomic mass is 10.2. The fourth-order valence-corrected chi connectivity index (χ4v) is 3.46. The molecule has 0 radical (unpaired) electrons. The van der Waals surface area contributed by atoms with Crippen molar-refractivity contribution in [1.29, 1.82) is 0 Å². The number of hydrogen-bond donors (Lipinski definition) is 3. The van der Waals surface area contributed by atoms with Crippen LogP contribution in [-0.2, 0) is 14.8 Å². The van der Waals surface area contributed by atoms with E-state index in [1.165, 1.54) is 18.3 Å². The third-order valence-corrected chi connectivity index (χ3v) is 4.71. The maximum absolute atomic E-state index is 11.9. The van der Waals surface area contributed by atoms with E-state index >= 15 is 0 Å². The molecule has 8 nitrogen and oxygen atoms in total. The van der Waals surface area contributed by atoms with Crippen LogP contribution in [-0.4, -0.2) is 36.8 Å². The summed E-state index contributed by atoms with van der Waals surface area (Å²) in [6.45, 7) is 0.0889. The van der Waals surface area contributed by atoms with Crippen molar-refractivity contribution in [3.63, 3.8) is 0 Å². The lowest BCUT2D eigenvalue weighted by Gasteiger charge is -2.05. The van der Waals surface area contributed by atoms with E-state index < -0.39 is 10.0 Å². The van der Waals surface area contributed by atoms with Gasteiger partial charge in [-0.15, -0.1) is 0 Å². The minimum absolute atomic E-state index is 0.0173. The first-order chi connectivity index (χ1) is 11.5. The molecule has 0 bridgehead atoms. The van der Waals surface area contributed by atoms with Crippen molar-refractivity contribution < 1.29 is 18.3 Å². The molecule has 9 heteroatoms. The van der Waals surface area contributed by atoms with Gasteiger partial charge in [0.2, 0.25) is 5.91 Å². The van der Waals surface area contributed by atoms with Gasteiger partial charge >= 0.3 is 0 Å². The molecular weight excluding hydrogens is 332 g/mol. The minimum atomic E-state index is -3.58. The number of nitrogens with one attached hydrogen (secondary N) is 2. The summed E-state index contributed by atoms with van der Waals surface area (Å²) in [6.07, 6.45) is 1.46. The largest absolute Gasteiger partial charge is 0.504 e. The van der Waals surface area contributed by atoms with Crippen LogP contribution in [0.2, 0.25) is 0 Å². The van der Waals surface area contributed by atoms with E-state index in [1.807, 2.05) is 0 Å². The molecule has 0 unspecified atom stereocenters. The van der Waals surface area contributed by atoms with Gasteiger partial charge in [-0.25, -0.2) is 13.4 Å². The highest BCUT2D eigenvalue weighted by Crippen LogP contribution is 2.22. The monoisotopic (exact) mass is 346 g/mol. The van der Waals surface area contributed by atoms with E-state index in [2.05, 4.69) is 20.0 Å². The van der Waals surface area contributed by atoms with Crippen molar-refractivity contribution in [2.24, 2.45) is 4.99 Å². The number of sulfonamides is 1. The Labute approximate surface area is 138 Å². The van der Waals surface area contributed by atoms with Crippen molar-refractivity contribution in [2.75, 3.05) is 11.9 Å². The minimum Gasteiger partial charge on any atom is -0.504 e. The molecule has 0 spiro atoms. The standard InChI is InChI=1S/C15H14N4O4S/c20-11-5-3-8-16-15(11)18-13(21)7-9-17-14-10-4-1-2-6-12(10)24(22,23)19-14/h1-6,8,20H,7,9H2,(H,17,19)(H,16,18,21). The van der Waals surface area contributed by atoms with Gasteiger partial charge in [0.15, 0.2) is 11.6 Å². The summed E-state index contributed by atoms with van der Waals surface area (Å²) in [5.74, 6) is -0.224. The van der Waals surface area contributed by atoms with Crippen molar-refractivity contribution in [1.82, 2.24) is 9.71 Å². The SMILES string of the molecule is O=C(CCN=C1NS(=O)(=O)c2ccccc21)Nc1ncccc1O. The van der Waals surface area contributed by atoms with E-state index in [9.17, 15) is 18.3 Å². The molecule has 2 aromatic rings. The molecule has 1 amide bonds. The van der Waals surface area contributed by atoms with Crippen LogP contribution in [0.1, 0.15) is 12.0 Å². The number of hydrogen-bond acceptors (Lipinski definition) is 6. The highest BCUT2D eigenvalue weighted by Gasteiger charge is 2.29. The summed E-state index contributed by atoms with van der Waals surface area (Å²) in [4.78, 5) is 20.0. The lowest BCUT2D eigenvalue weighted by Crippen LogP contribution is -2.23. The summed E-state index contributed by atoms with van der Waals surface area (Å²) in [5.41, 5.74) is 0.486. The maximum Gasteiger partial charge on any atom is 0.263 e. The third-order valence-electron chi connectivity index (χ3n) is 3.32. The molecule has 1 aliphatic heterocycles. The Morgan fingerprint density at radius 2 is 2.04 bits per heavy atom. The predicted octanol–water partition coefficient (Wildman–Crippen LogP) is 0.854. The zero-order valence-electron chi connectivity index (χ0n) is 12.4. The molecular formula is C15H14N4O4S. The number of rotatable bonds is 4. The number of amidine groups is 1. The first-order valence-electron chi connectivity index (χ1n) is 7.08. The molecule has 24 heavy (non-hydrogen) atoms. The van der Waals surface area contributed by atoms with Crippen LogP contribution < -0.4 is 10.0 Å². The Bertz CT molecular complexity index is 925. The second-order valence-electron chi connectivity index (χ2n) is 5.00. The van der Waals surface area contributed by atoms with Crippen molar-refractivity contribution >= 4 is 27.6 Å². The van der Waals surface area contributed by atoms with Gasteiger partial charge in [-0.2, -0.15) is 0 Å². The third kappa shape index (κ3) is 3.20. The number of nitrogens with zero attached hydrogens (tertiary/aromatic N) is 2. The smallest absolute Gasteiger partial charge is 0.263 e. The normalized spacial score (nSPS) is 16.4. The molecule has 1 aromatic heterocycles. The highest BCUT2D eigenvalue weighted by atomic mass is 32.2. The molecule has 3 rings (SSSR count). The molecule has 0 atom stereocenters. The highest BCUT2D eigenvalue weighted by molar-refractivity contribution is 7.90. The number of carbonyl (C=O) groups is 1. The topological polar surface area (TPSA) is 121 Å². The summed E-state index contributed by atoms with van der Waals surface area (Å²) < 4.78 is 26.2. The van der Waals surface area contributed by atoms with Crippen LogP contribution in [0, 0.1) is 0 Å². The Hall–Kier alpha value is -2.94. The van der Waals surface area contributed by atoms with Gasteiger partial charge in [0, 0.05) is 18.2 Å². The summed E-state index contributed by atoms with van der Waals surface area (Å²) in [7, 11) is -3.58. The van der Waals surface area contributed by atoms with Gasteiger partial charge in [0.1, 0.15) is 5.84 Å². The van der Waals surface area contributed by atoms with Crippen LogP contribution >= 0.6 is 0 Å².